The number of anilines is 2. The standard InChI is InChI=1S/C14H10N6O2S2/c21-11-7-6(5-3-1-2-4-15-5)8-10(18-14(24)20-12(8)22)16-9(7)17-13(23)19-11/h1-4,6H,(H5,16,17,18,19,20,21,22,23,24). The first-order valence-corrected chi connectivity index (χ1v) is 7.77. The van der Waals surface area contributed by atoms with Gasteiger partial charge in [-0.1, -0.05) is 6.07 Å². The molecule has 5 N–H and O–H groups in total. The smallest absolute Gasteiger partial charge is 0.258 e. The van der Waals surface area contributed by atoms with Crippen molar-refractivity contribution in [1.29, 1.82) is 0 Å². The minimum absolute atomic E-state index is 0.179. The van der Waals surface area contributed by atoms with Gasteiger partial charge in [-0.2, -0.15) is 0 Å². The molecule has 0 amide bonds. The summed E-state index contributed by atoms with van der Waals surface area (Å²) in [5.41, 5.74) is 0.471. The summed E-state index contributed by atoms with van der Waals surface area (Å²) >= 11 is 10.1. The zero-order valence-corrected chi connectivity index (χ0v) is 13.6. The quantitative estimate of drug-likeness (QED) is 0.331. The van der Waals surface area contributed by atoms with Gasteiger partial charge in [-0.25, -0.2) is 0 Å². The SMILES string of the molecule is O=c1[nH]c(=S)[nH]c2c1C(c1ccccn1)c1c([nH]c(=S)[nH]c1=O)N2. The second-order valence-electron chi connectivity index (χ2n) is 5.21. The number of rotatable bonds is 1. The molecule has 0 bridgehead atoms. The molecule has 10 heteroatoms. The summed E-state index contributed by atoms with van der Waals surface area (Å²) in [6.07, 6.45) is 1.61. The summed E-state index contributed by atoms with van der Waals surface area (Å²) in [6.45, 7) is 0. The first-order chi connectivity index (χ1) is 11.5. The van der Waals surface area contributed by atoms with Crippen LogP contribution in [0.25, 0.3) is 0 Å². The van der Waals surface area contributed by atoms with E-state index in [1.807, 2.05) is 0 Å². The van der Waals surface area contributed by atoms with Crippen LogP contribution >= 0.6 is 24.4 Å². The summed E-state index contributed by atoms with van der Waals surface area (Å²) in [5.74, 6) is 0.148. The number of nitrogens with one attached hydrogen (secondary N) is 5. The molecule has 0 aliphatic carbocycles. The highest BCUT2D eigenvalue weighted by Gasteiger charge is 2.34. The average Bonchev–Trinajstić information content (AvgIpc) is 2.53. The van der Waals surface area contributed by atoms with Gasteiger partial charge in [0.15, 0.2) is 9.54 Å². The Hall–Kier alpha value is -2.85. The van der Waals surface area contributed by atoms with Gasteiger partial charge >= 0.3 is 0 Å². The van der Waals surface area contributed by atoms with E-state index in [0.717, 1.165) is 0 Å². The molecular weight excluding hydrogens is 348 g/mol. The Morgan fingerprint density at radius 2 is 1.46 bits per heavy atom. The number of hydrogen-bond acceptors (Lipinski definition) is 6. The number of hydrogen-bond donors (Lipinski definition) is 5. The fraction of sp³-hybridized carbons (Fsp3) is 0.0714. The topological polar surface area (TPSA) is 122 Å². The molecule has 0 unspecified atom stereocenters. The summed E-state index contributed by atoms with van der Waals surface area (Å²) in [7, 11) is 0. The maximum Gasteiger partial charge on any atom is 0.258 e. The molecule has 3 aromatic rings. The molecule has 4 heterocycles. The van der Waals surface area contributed by atoms with Gasteiger partial charge < -0.3 is 15.3 Å². The number of pyridine rings is 1. The van der Waals surface area contributed by atoms with Crippen molar-refractivity contribution in [1.82, 2.24) is 24.9 Å². The number of aromatic amines is 4. The highest BCUT2D eigenvalue weighted by molar-refractivity contribution is 7.71. The third kappa shape index (κ3) is 2.23. The van der Waals surface area contributed by atoms with Gasteiger partial charge in [0.05, 0.1) is 22.7 Å². The van der Waals surface area contributed by atoms with Crippen LogP contribution in [-0.2, 0) is 0 Å². The van der Waals surface area contributed by atoms with Crippen LogP contribution < -0.4 is 16.4 Å². The monoisotopic (exact) mass is 358 g/mol. The molecule has 0 radical (unpaired) electrons. The van der Waals surface area contributed by atoms with Crippen LogP contribution in [0.1, 0.15) is 22.7 Å². The summed E-state index contributed by atoms with van der Waals surface area (Å²) in [5, 5.41) is 2.99. The minimum atomic E-state index is -0.663. The van der Waals surface area contributed by atoms with E-state index in [2.05, 4.69) is 30.2 Å². The van der Waals surface area contributed by atoms with E-state index in [9.17, 15) is 9.59 Å². The van der Waals surface area contributed by atoms with Crippen LogP contribution in [0.15, 0.2) is 34.0 Å². The summed E-state index contributed by atoms with van der Waals surface area (Å²) < 4.78 is 0.357. The molecule has 0 spiro atoms. The Morgan fingerprint density at radius 3 is 1.96 bits per heavy atom. The van der Waals surface area contributed by atoms with Crippen molar-refractivity contribution in [3.63, 3.8) is 0 Å². The van der Waals surface area contributed by atoms with E-state index in [0.29, 0.717) is 28.5 Å². The van der Waals surface area contributed by atoms with Gasteiger partial charge in [0.1, 0.15) is 11.6 Å². The molecule has 3 aromatic heterocycles. The zero-order valence-electron chi connectivity index (χ0n) is 12.0. The molecule has 0 atom stereocenters. The molecule has 1 aliphatic rings. The predicted octanol–water partition coefficient (Wildman–Crippen LogP) is 1.81. The van der Waals surface area contributed by atoms with Gasteiger partial charge in [-0.05, 0) is 36.6 Å². The second-order valence-corrected chi connectivity index (χ2v) is 6.02. The van der Waals surface area contributed by atoms with Crippen LogP contribution in [0.5, 0.6) is 0 Å². The van der Waals surface area contributed by atoms with Crippen LogP contribution in [0, 0.1) is 9.54 Å². The molecule has 0 saturated carbocycles. The van der Waals surface area contributed by atoms with E-state index >= 15 is 0 Å². The van der Waals surface area contributed by atoms with Crippen molar-refractivity contribution in [2.45, 2.75) is 5.92 Å². The first kappa shape index (κ1) is 14.7. The lowest BCUT2D eigenvalue weighted by atomic mass is 9.87. The Kier molecular flexibility index (Phi) is 3.28. The number of nitrogens with zero attached hydrogens (tertiary/aromatic N) is 1. The fourth-order valence-electron chi connectivity index (χ4n) is 2.85. The second kappa shape index (κ2) is 5.35. The molecule has 1 aliphatic heterocycles. The van der Waals surface area contributed by atoms with Gasteiger partial charge in [-0.3, -0.25) is 24.5 Å². The normalized spacial score (nSPS) is 13.0. The molecule has 0 fully saturated rings. The molecule has 0 saturated heterocycles. The Morgan fingerprint density at radius 1 is 0.875 bits per heavy atom. The molecule has 24 heavy (non-hydrogen) atoms. The van der Waals surface area contributed by atoms with Crippen LogP contribution in [-0.4, -0.2) is 24.9 Å². The van der Waals surface area contributed by atoms with Crippen LogP contribution in [0.3, 0.4) is 0 Å². The predicted molar refractivity (Wildman–Crippen MR) is 93.0 cm³/mol. The number of aromatic nitrogens is 5. The highest BCUT2D eigenvalue weighted by Crippen LogP contribution is 2.38. The van der Waals surface area contributed by atoms with E-state index in [-0.39, 0.29) is 20.7 Å². The van der Waals surface area contributed by atoms with E-state index < -0.39 is 5.92 Å². The van der Waals surface area contributed by atoms with Crippen molar-refractivity contribution in [3.8, 4) is 0 Å². The van der Waals surface area contributed by atoms with E-state index in [1.165, 1.54) is 0 Å². The third-order valence-corrected chi connectivity index (χ3v) is 4.18. The largest absolute Gasteiger partial charge is 0.327 e. The zero-order chi connectivity index (χ0) is 16.8. The maximum atomic E-state index is 12.5. The molecular formula is C14H10N6O2S2. The molecule has 0 aromatic carbocycles. The van der Waals surface area contributed by atoms with Gasteiger partial charge in [0.25, 0.3) is 11.1 Å². The van der Waals surface area contributed by atoms with Crippen molar-refractivity contribution >= 4 is 36.1 Å². The van der Waals surface area contributed by atoms with Crippen LogP contribution in [0.4, 0.5) is 11.6 Å². The Balaban J connectivity index is 2.13. The van der Waals surface area contributed by atoms with E-state index in [1.54, 1.807) is 24.4 Å². The van der Waals surface area contributed by atoms with Crippen molar-refractivity contribution in [2.24, 2.45) is 0 Å². The third-order valence-electron chi connectivity index (χ3n) is 3.77. The average molecular weight is 358 g/mol. The Bertz CT molecular complexity index is 1100. The van der Waals surface area contributed by atoms with Crippen molar-refractivity contribution in [3.05, 3.63) is 71.5 Å². The summed E-state index contributed by atoms with van der Waals surface area (Å²) in [6, 6.07) is 5.31. The lowest BCUT2D eigenvalue weighted by Crippen LogP contribution is -2.31. The van der Waals surface area contributed by atoms with Crippen LogP contribution in [0.2, 0.25) is 0 Å². The molecule has 8 nitrogen and oxygen atoms in total. The van der Waals surface area contributed by atoms with Gasteiger partial charge in [0.2, 0.25) is 0 Å². The minimum Gasteiger partial charge on any atom is -0.327 e. The summed E-state index contributed by atoms with van der Waals surface area (Å²) in [4.78, 5) is 40.2. The van der Waals surface area contributed by atoms with Gasteiger partial charge in [0, 0.05) is 6.20 Å². The van der Waals surface area contributed by atoms with E-state index in [4.69, 9.17) is 24.4 Å². The fourth-order valence-corrected chi connectivity index (χ4v) is 3.24. The maximum absolute atomic E-state index is 12.5. The lowest BCUT2D eigenvalue weighted by molar-refractivity contribution is 0.831. The molecule has 4 rings (SSSR count). The van der Waals surface area contributed by atoms with Crippen molar-refractivity contribution < 1.29 is 0 Å². The first-order valence-electron chi connectivity index (χ1n) is 6.95. The molecule has 120 valence electrons. The Labute approximate surface area is 144 Å². The highest BCUT2D eigenvalue weighted by atomic mass is 32.1. The number of H-pyrrole nitrogens is 4. The van der Waals surface area contributed by atoms with Gasteiger partial charge in [-0.15, -0.1) is 0 Å². The van der Waals surface area contributed by atoms with Crippen molar-refractivity contribution in [2.75, 3.05) is 5.32 Å². The lowest BCUT2D eigenvalue weighted by Gasteiger charge is -2.26. The number of fused-ring (bicyclic) bond motifs is 2.